The molecule has 1 heterocycles. The molecule has 0 bridgehead atoms. The van der Waals surface area contributed by atoms with Crippen molar-refractivity contribution < 1.29 is 14.6 Å². The number of hydrogen-bond donors (Lipinski definition) is 1. The number of nitrogens with zero attached hydrogens (tertiary/aromatic N) is 2. The number of benzene rings is 1. The molecule has 0 spiro atoms. The van der Waals surface area contributed by atoms with Gasteiger partial charge < -0.3 is 14.6 Å². The van der Waals surface area contributed by atoms with Crippen LogP contribution in [0.3, 0.4) is 0 Å². The van der Waals surface area contributed by atoms with E-state index in [2.05, 4.69) is 9.97 Å². The topological polar surface area (TPSA) is 64.5 Å². The minimum absolute atomic E-state index is 0.269. The summed E-state index contributed by atoms with van der Waals surface area (Å²) in [5, 5.41) is 9.53. The van der Waals surface area contributed by atoms with Gasteiger partial charge in [-0.15, -0.1) is 0 Å². The van der Waals surface area contributed by atoms with Crippen LogP contribution in [0.1, 0.15) is 24.4 Å². The molecular formula is C14H16N2O3. The Kier molecular flexibility index (Phi) is 4.30. The van der Waals surface area contributed by atoms with Crippen LogP contribution in [0.25, 0.3) is 0 Å². The summed E-state index contributed by atoms with van der Waals surface area (Å²) in [7, 11) is 1.56. The lowest BCUT2D eigenvalue weighted by Gasteiger charge is -2.12. The summed E-state index contributed by atoms with van der Waals surface area (Å²) in [5.41, 5.74) is 0.778. The third kappa shape index (κ3) is 3.42. The molecule has 19 heavy (non-hydrogen) atoms. The third-order valence-corrected chi connectivity index (χ3v) is 2.65. The summed E-state index contributed by atoms with van der Waals surface area (Å²) >= 11 is 0. The molecule has 1 atom stereocenters. The first-order valence-electron chi connectivity index (χ1n) is 5.95. The first-order valence-corrected chi connectivity index (χ1v) is 5.95. The van der Waals surface area contributed by atoms with Gasteiger partial charge in [-0.1, -0.05) is 6.07 Å². The van der Waals surface area contributed by atoms with E-state index in [9.17, 15) is 5.11 Å². The van der Waals surface area contributed by atoms with Gasteiger partial charge >= 0.3 is 0 Å². The Labute approximate surface area is 111 Å². The van der Waals surface area contributed by atoms with Gasteiger partial charge in [0.15, 0.2) is 17.3 Å². The van der Waals surface area contributed by atoms with Gasteiger partial charge in [0.1, 0.15) is 6.61 Å². The molecule has 0 unspecified atom stereocenters. The van der Waals surface area contributed by atoms with Crippen molar-refractivity contribution in [1.82, 2.24) is 9.97 Å². The summed E-state index contributed by atoms with van der Waals surface area (Å²) in [6.07, 6.45) is 2.79. The number of aliphatic hydroxyl groups is 1. The van der Waals surface area contributed by atoms with Gasteiger partial charge in [-0.3, -0.25) is 0 Å². The molecule has 1 N–H and O–H groups in total. The molecule has 2 aromatic rings. The van der Waals surface area contributed by atoms with Crippen LogP contribution in [0.4, 0.5) is 0 Å². The molecule has 0 fully saturated rings. The number of hydrogen-bond acceptors (Lipinski definition) is 5. The van der Waals surface area contributed by atoms with Crippen molar-refractivity contribution in [3.05, 3.63) is 48.0 Å². The van der Waals surface area contributed by atoms with Crippen molar-refractivity contribution in [3.63, 3.8) is 0 Å². The molecule has 1 aromatic carbocycles. The minimum atomic E-state index is -0.541. The zero-order valence-electron chi connectivity index (χ0n) is 10.9. The van der Waals surface area contributed by atoms with Crippen molar-refractivity contribution >= 4 is 0 Å². The molecule has 0 radical (unpaired) electrons. The fourth-order valence-electron chi connectivity index (χ4n) is 1.61. The van der Waals surface area contributed by atoms with E-state index in [1.165, 1.54) is 0 Å². The summed E-state index contributed by atoms with van der Waals surface area (Å²) in [6.45, 7) is 1.97. The second kappa shape index (κ2) is 6.15. The summed E-state index contributed by atoms with van der Waals surface area (Å²) < 4.78 is 10.9. The lowest BCUT2D eigenvalue weighted by atomic mass is 10.1. The zero-order chi connectivity index (χ0) is 13.7. The molecule has 0 amide bonds. The normalized spacial score (nSPS) is 11.9. The van der Waals surface area contributed by atoms with Crippen LogP contribution >= 0.6 is 0 Å². The largest absolute Gasteiger partial charge is 0.493 e. The smallest absolute Gasteiger partial charge is 0.166 e. The summed E-state index contributed by atoms with van der Waals surface area (Å²) in [6, 6.07) is 7.07. The van der Waals surface area contributed by atoms with E-state index in [1.807, 2.05) is 0 Å². The van der Waals surface area contributed by atoms with Crippen molar-refractivity contribution in [2.75, 3.05) is 7.11 Å². The highest BCUT2D eigenvalue weighted by Crippen LogP contribution is 2.30. The van der Waals surface area contributed by atoms with Gasteiger partial charge in [0.05, 0.1) is 13.2 Å². The fraction of sp³-hybridized carbons (Fsp3) is 0.286. The predicted molar refractivity (Wildman–Crippen MR) is 70.0 cm³/mol. The Morgan fingerprint density at radius 3 is 2.58 bits per heavy atom. The molecular weight excluding hydrogens is 244 g/mol. The molecule has 0 aliphatic rings. The van der Waals surface area contributed by atoms with E-state index in [0.717, 1.165) is 5.56 Å². The molecule has 5 nitrogen and oxygen atoms in total. The highest BCUT2D eigenvalue weighted by Gasteiger charge is 2.09. The maximum atomic E-state index is 9.53. The average molecular weight is 260 g/mol. The van der Waals surface area contributed by atoms with E-state index in [4.69, 9.17) is 9.47 Å². The lowest BCUT2D eigenvalue weighted by molar-refractivity contribution is 0.198. The monoisotopic (exact) mass is 260 g/mol. The lowest BCUT2D eigenvalue weighted by Crippen LogP contribution is -2.02. The Hall–Kier alpha value is -2.14. The molecule has 0 aliphatic heterocycles. The Bertz CT molecular complexity index is 529. The second-order valence-electron chi connectivity index (χ2n) is 4.04. The van der Waals surface area contributed by atoms with E-state index in [0.29, 0.717) is 17.3 Å². The van der Waals surface area contributed by atoms with Crippen LogP contribution in [-0.2, 0) is 6.61 Å². The zero-order valence-corrected chi connectivity index (χ0v) is 10.9. The molecule has 100 valence electrons. The SMILES string of the molecule is COc1cc([C@@H](C)O)ccc1OCc1ncccn1. The Balaban J connectivity index is 2.12. The number of rotatable bonds is 5. The van der Waals surface area contributed by atoms with E-state index >= 15 is 0 Å². The van der Waals surface area contributed by atoms with Crippen molar-refractivity contribution in [2.45, 2.75) is 19.6 Å². The second-order valence-corrected chi connectivity index (χ2v) is 4.04. The fourth-order valence-corrected chi connectivity index (χ4v) is 1.61. The van der Waals surface area contributed by atoms with Gasteiger partial charge in [0.2, 0.25) is 0 Å². The Morgan fingerprint density at radius 2 is 1.95 bits per heavy atom. The van der Waals surface area contributed by atoms with Gasteiger partial charge in [-0.05, 0) is 30.7 Å². The number of methoxy groups -OCH3 is 1. The van der Waals surface area contributed by atoms with Crippen molar-refractivity contribution in [1.29, 1.82) is 0 Å². The van der Waals surface area contributed by atoms with Crippen LogP contribution in [-0.4, -0.2) is 22.2 Å². The molecule has 0 aliphatic carbocycles. The summed E-state index contributed by atoms with van der Waals surface area (Å²) in [5.74, 6) is 1.78. The molecule has 1 aromatic heterocycles. The Morgan fingerprint density at radius 1 is 1.21 bits per heavy atom. The first kappa shape index (κ1) is 13.3. The van der Waals surface area contributed by atoms with E-state index in [1.54, 1.807) is 50.7 Å². The third-order valence-electron chi connectivity index (χ3n) is 2.65. The number of aliphatic hydroxyl groups excluding tert-OH is 1. The molecule has 2 rings (SSSR count). The van der Waals surface area contributed by atoms with E-state index < -0.39 is 6.10 Å². The standard InChI is InChI=1S/C14H16N2O3/c1-10(17)11-4-5-12(13(8-11)18-2)19-9-14-15-6-3-7-16-14/h3-8,10,17H,9H2,1-2H3/t10-/m1/s1. The van der Waals surface area contributed by atoms with Gasteiger partial charge in [-0.2, -0.15) is 0 Å². The van der Waals surface area contributed by atoms with Crippen molar-refractivity contribution in [2.24, 2.45) is 0 Å². The van der Waals surface area contributed by atoms with Crippen LogP contribution in [0, 0.1) is 0 Å². The first-order chi connectivity index (χ1) is 9.20. The predicted octanol–water partition coefficient (Wildman–Crippen LogP) is 2.12. The van der Waals surface area contributed by atoms with Crippen LogP contribution < -0.4 is 9.47 Å². The molecule has 0 saturated carbocycles. The highest BCUT2D eigenvalue weighted by molar-refractivity contribution is 5.43. The van der Waals surface area contributed by atoms with E-state index in [-0.39, 0.29) is 6.61 Å². The van der Waals surface area contributed by atoms with Gasteiger partial charge in [0.25, 0.3) is 0 Å². The van der Waals surface area contributed by atoms with Crippen LogP contribution in [0.2, 0.25) is 0 Å². The highest BCUT2D eigenvalue weighted by atomic mass is 16.5. The van der Waals surface area contributed by atoms with Crippen LogP contribution in [0.15, 0.2) is 36.7 Å². The van der Waals surface area contributed by atoms with Crippen molar-refractivity contribution in [3.8, 4) is 11.5 Å². The van der Waals surface area contributed by atoms with Crippen LogP contribution in [0.5, 0.6) is 11.5 Å². The molecule has 5 heteroatoms. The van der Waals surface area contributed by atoms with Gasteiger partial charge in [-0.25, -0.2) is 9.97 Å². The number of ether oxygens (including phenoxy) is 2. The quantitative estimate of drug-likeness (QED) is 0.892. The van der Waals surface area contributed by atoms with Gasteiger partial charge in [0, 0.05) is 12.4 Å². The summed E-state index contributed by atoms with van der Waals surface area (Å²) in [4.78, 5) is 8.16. The maximum Gasteiger partial charge on any atom is 0.166 e. The number of aromatic nitrogens is 2. The maximum absolute atomic E-state index is 9.53. The average Bonchev–Trinajstić information content (AvgIpc) is 2.45. The minimum Gasteiger partial charge on any atom is -0.493 e. The molecule has 0 saturated heterocycles.